The Morgan fingerprint density at radius 1 is 1.35 bits per heavy atom. The molecule has 1 aromatic heterocycles. The Morgan fingerprint density at radius 2 is 2.05 bits per heavy atom. The second kappa shape index (κ2) is 6.42. The summed E-state index contributed by atoms with van der Waals surface area (Å²) >= 11 is 5.93. The van der Waals surface area contributed by atoms with Crippen LogP contribution >= 0.6 is 11.6 Å². The molecule has 2 rings (SSSR count). The van der Waals surface area contributed by atoms with Crippen LogP contribution in [0.4, 0.5) is 0 Å². The summed E-state index contributed by atoms with van der Waals surface area (Å²) in [7, 11) is 0. The molecule has 0 fully saturated rings. The highest BCUT2D eigenvalue weighted by atomic mass is 35.5. The van der Waals surface area contributed by atoms with Gasteiger partial charge in [-0.2, -0.15) is 0 Å². The van der Waals surface area contributed by atoms with Gasteiger partial charge in [0.05, 0.1) is 6.33 Å². The van der Waals surface area contributed by atoms with E-state index in [9.17, 15) is 0 Å². The van der Waals surface area contributed by atoms with Gasteiger partial charge in [-0.3, -0.25) is 0 Å². The maximum atomic E-state index is 6.39. The number of hydrogen-bond donors (Lipinski definition) is 1. The van der Waals surface area contributed by atoms with Gasteiger partial charge in [-0.05, 0) is 37.5 Å². The standard InChI is InChI=1S/C16H22ClN3/c1-3-8-16(2,20-10-9-19-12-20)11-15(18)13-4-6-14(17)7-5-13/h4-7,9-10,12,15H,3,8,11,18H2,1-2H3. The van der Waals surface area contributed by atoms with Crippen molar-refractivity contribution in [2.75, 3.05) is 0 Å². The summed E-state index contributed by atoms with van der Waals surface area (Å²) in [5.74, 6) is 0. The molecule has 4 heteroatoms. The lowest BCUT2D eigenvalue weighted by atomic mass is 9.86. The van der Waals surface area contributed by atoms with Crippen LogP contribution in [0.2, 0.25) is 5.02 Å². The Kier molecular flexibility index (Phi) is 4.84. The fourth-order valence-electron chi connectivity index (χ4n) is 2.76. The fourth-order valence-corrected chi connectivity index (χ4v) is 2.88. The molecule has 108 valence electrons. The molecule has 2 unspecified atom stereocenters. The topological polar surface area (TPSA) is 43.8 Å². The van der Waals surface area contributed by atoms with Crippen molar-refractivity contribution in [2.24, 2.45) is 5.73 Å². The number of aromatic nitrogens is 2. The molecule has 0 saturated heterocycles. The Morgan fingerprint density at radius 3 is 2.60 bits per heavy atom. The normalized spacial score (nSPS) is 15.8. The number of imidazole rings is 1. The van der Waals surface area contributed by atoms with Gasteiger partial charge in [-0.1, -0.05) is 37.1 Å². The monoisotopic (exact) mass is 291 g/mol. The van der Waals surface area contributed by atoms with Crippen molar-refractivity contribution in [3.63, 3.8) is 0 Å². The van der Waals surface area contributed by atoms with Crippen LogP contribution in [0.1, 0.15) is 44.7 Å². The van der Waals surface area contributed by atoms with Crippen LogP contribution in [0.3, 0.4) is 0 Å². The summed E-state index contributed by atoms with van der Waals surface area (Å²) in [4.78, 5) is 4.17. The van der Waals surface area contributed by atoms with Gasteiger partial charge < -0.3 is 10.3 Å². The van der Waals surface area contributed by atoms with E-state index < -0.39 is 0 Å². The predicted molar refractivity (Wildman–Crippen MR) is 83.8 cm³/mol. The molecule has 0 saturated carbocycles. The third-order valence-corrected chi connectivity index (χ3v) is 4.13. The number of rotatable bonds is 6. The van der Waals surface area contributed by atoms with Crippen LogP contribution in [0.15, 0.2) is 43.0 Å². The van der Waals surface area contributed by atoms with Crippen LogP contribution in [0.5, 0.6) is 0 Å². The number of halogens is 1. The predicted octanol–water partition coefficient (Wildman–Crippen LogP) is 4.14. The molecule has 2 atom stereocenters. The Labute approximate surface area is 125 Å². The van der Waals surface area contributed by atoms with Crippen molar-refractivity contribution >= 4 is 11.6 Å². The zero-order valence-corrected chi connectivity index (χ0v) is 12.8. The van der Waals surface area contributed by atoms with E-state index in [4.69, 9.17) is 17.3 Å². The van der Waals surface area contributed by atoms with Crippen molar-refractivity contribution in [3.8, 4) is 0 Å². The lowest BCUT2D eigenvalue weighted by Crippen LogP contribution is -2.33. The van der Waals surface area contributed by atoms with E-state index in [1.54, 1.807) is 0 Å². The van der Waals surface area contributed by atoms with Crippen LogP contribution < -0.4 is 5.73 Å². The van der Waals surface area contributed by atoms with E-state index in [0.29, 0.717) is 0 Å². The van der Waals surface area contributed by atoms with Gasteiger partial charge in [0.25, 0.3) is 0 Å². The second-order valence-corrected chi connectivity index (χ2v) is 6.02. The average Bonchev–Trinajstić information content (AvgIpc) is 2.94. The molecule has 1 aromatic carbocycles. The van der Waals surface area contributed by atoms with E-state index >= 15 is 0 Å². The smallest absolute Gasteiger partial charge is 0.0951 e. The van der Waals surface area contributed by atoms with E-state index in [1.165, 1.54) is 0 Å². The molecule has 0 aliphatic carbocycles. The lowest BCUT2D eigenvalue weighted by Gasteiger charge is -2.33. The van der Waals surface area contributed by atoms with Crippen molar-refractivity contribution in [1.82, 2.24) is 9.55 Å². The van der Waals surface area contributed by atoms with Gasteiger partial charge in [0.2, 0.25) is 0 Å². The summed E-state index contributed by atoms with van der Waals surface area (Å²) in [6.07, 6.45) is 8.78. The first-order chi connectivity index (χ1) is 9.55. The molecule has 1 heterocycles. The van der Waals surface area contributed by atoms with Gasteiger partial charge >= 0.3 is 0 Å². The molecule has 20 heavy (non-hydrogen) atoms. The van der Waals surface area contributed by atoms with E-state index in [0.717, 1.165) is 29.8 Å². The minimum Gasteiger partial charge on any atom is -0.332 e. The van der Waals surface area contributed by atoms with Gasteiger partial charge in [0.15, 0.2) is 0 Å². The van der Waals surface area contributed by atoms with Gasteiger partial charge in [0.1, 0.15) is 0 Å². The highest BCUT2D eigenvalue weighted by molar-refractivity contribution is 6.30. The maximum Gasteiger partial charge on any atom is 0.0951 e. The minimum absolute atomic E-state index is 0.00813. The lowest BCUT2D eigenvalue weighted by molar-refractivity contribution is 0.247. The molecule has 3 nitrogen and oxygen atoms in total. The second-order valence-electron chi connectivity index (χ2n) is 5.58. The highest BCUT2D eigenvalue weighted by Crippen LogP contribution is 2.32. The van der Waals surface area contributed by atoms with Crippen molar-refractivity contribution in [1.29, 1.82) is 0 Å². The number of benzene rings is 1. The van der Waals surface area contributed by atoms with Crippen LogP contribution in [-0.4, -0.2) is 9.55 Å². The average molecular weight is 292 g/mol. The first-order valence-corrected chi connectivity index (χ1v) is 7.42. The molecule has 2 N–H and O–H groups in total. The van der Waals surface area contributed by atoms with Crippen LogP contribution in [0.25, 0.3) is 0 Å². The zero-order valence-electron chi connectivity index (χ0n) is 12.1. The SMILES string of the molecule is CCCC(C)(CC(N)c1ccc(Cl)cc1)n1ccnc1. The molecular formula is C16H22ClN3. The molecule has 2 aromatic rings. The first kappa shape index (κ1) is 15.1. The molecule has 0 spiro atoms. The number of nitrogens with zero attached hydrogens (tertiary/aromatic N) is 2. The number of hydrogen-bond acceptors (Lipinski definition) is 2. The Bertz CT molecular complexity index is 521. The summed E-state index contributed by atoms with van der Waals surface area (Å²) < 4.78 is 2.17. The van der Waals surface area contributed by atoms with E-state index in [1.807, 2.05) is 43.0 Å². The molecule has 0 amide bonds. The van der Waals surface area contributed by atoms with Crippen molar-refractivity contribution in [2.45, 2.75) is 44.7 Å². The molecule has 0 aliphatic rings. The highest BCUT2D eigenvalue weighted by Gasteiger charge is 2.28. The number of nitrogens with two attached hydrogens (primary N) is 1. The summed E-state index contributed by atoms with van der Waals surface area (Å²) in [6.45, 7) is 4.44. The van der Waals surface area contributed by atoms with Gasteiger partial charge in [-0.15, -0.1) is 0 Å². The third kappa shape index (κ3) is 3.41. The van der Waals surface area contributed by atoms with E-state index in [-0.39, 0.29) is 11.6 Å². The van der Waals surface area contributed by atoms with Gasteiger partial charge in [-0.25, -0.2) is 4.98 Å². The first-order valence-electron chi connectivity index (χ1n) is 7.04. The van der Waals surface area contributed by atoms with E-state index in [2.05, 4.69) is 23.4 Å². The third-order valence-electron chi connectivity index (χ3n) is 3.87. The Hall–Kier alpha value is -1.32. The minimum atomic E-state index is -0.00962. The largest absolute Gasteiger partial charge is 0.332 e. The van der Waals surface area contributed by atoms with Crippen LogP contribution in [0, 0.1) is 0 Å². The van der Waals surface area contributed by atoms with Gasteiger partial charge in [0, 0.05) is 29.0 Å². The Balaban J connectivity index is 2.18. The van der Waals surface area contributed by atoms with Crippen molar-refractivity contribution in [3.05, 3.63) is 53.6 Å². The molecule has 0 bridgehead atoms. The fraction of sp³-hybridized carbons (Fsp3) is 0.438. The van der Waals surface area contributed by atoms with Crippen LogP contribution in [-0.2, 0) is 5.54 Å². The summed E-state index contributed by atoms with van der Waals surface area (Å²) in [6, 6.07) is 7.79. The molecular weight excluding hydrogens is 270 g/mol. The maximum absolute atomic E-state index is 6.39. The quantitative estimate of drug-likeness (QED) is 0.869. The summed E-state index contributed by atoms with van der Waals surface area (Å²) in [5, 5.41) is 0.742. The summed E-state index contributed by atoms with van der Waals surface area (Å²) in [5.41, 5.74) is 7.50. The van der Waals surface area contributed by atoms with Crippen molar-refractivity contribution < 1.29 is 0 Å². The zero-order chi connectivity index (χ0) is 14.6. The molecule has 0 radical (unpaired) electrons. The molecule has 0 aliphatic heterocycles.